The van der Waals surface area contributed by atoms with Crippen LogP contribution in [0.15, 0.2) is 52.8 Å². The van der Waals surface area contributed by atoms with Gasteiger partial charge in [0, 0.05) is 38.3 Å². The third kappa shape index (κ3) is 6.00. The van der Waals surface area contributed by atoms with E-state index >= 15 is 0 Å². The van der Waals surface area contributed by atoms with Crippen molar-refractivity contribution in [3.05, 3.63) is 69.8 Å². The number of ether oxygens (including phenoxy) is 1. The molecular weight excluding hydrogens is 392 g/mol. The topological polar surface area (TPSA) is 127 Å². The van der Waals surface area contributed by atoms with Gasteiger partial charge in [0.1, 0.15) is 5.70 Å². The maximum absolute atomic E-state index is 12.7. The van der Waals surface area contributed by atoms with Gasteiger partial charge < -0.3 is 19.8 Å². The molecule has 0 saturated carbocycles. The molecule has 3 rings (SSSR count). The van der Waals surface area contributed by atoms with Gasteiger partial charge in [-0.15, -0.1) is 0 Å². The molecule has 0 unspecified atom stereocenters. The first-order chi connectivity index (χ1) is 14.5. The van der Waals surface area contributed by atoms with Crippen LogP contribution in [0.2, 0.25) is 0 Å². The Morgan fingerprint density at radius 1 is 1.17 bits per heavy atom. The number of nitrogens with one attached hydrogen (secondary N) is 2. The van der Waals surface area contributed by atoms with E-state index in [-0.39, 0.29) is 17.1 Å². The van der Waals surface area contributed by atoms with E-state index in [2.05, 4.69) is 15.5 Å². The molecule has 2 amide bonds. The number of benzene rings is 1. The molecule has 1 aliphatic rings. The number of nitro benzene ring substituents is 1. The van der Waals surface area contributed by atoms with Crippen molar-refractivity contribution in [2.45, 2.75) is 0 Å². The Kier molecular flexibility index (Phi) is 7.30. The summed E-state index contributed by atoms with van der Waals surface area (Å²) in [6, 6.07) is 8.70. The van der Waals surface area contributed by atoms with Gasteiger partial charge >= 0.3 is 0 Å². The highest BCUT2D eigenvalue weighted by molar-refractivity contribution is 6.04. The first kappa shape index (κ1) is 21.2. The Bertz CT molecular complexity index is 902. The predicted molar refractivity (Wildman–Crippen MR) is 108 cm³/mol. The minimum absolute atomic E-state index is 0.00669. The number of morpholine rings is 1. The lowest BCUT2D eigenvalue weighted by Gasteiger charge is -2.26. The Morgan fingerprint density at radius 2 is 1.90 bits per heavy atom. The summed E-state index contributed by atoms with van der Waals surface area (Å²) in [6.45, 7) is 3.99. The molecule has 158 valence electrons. The van der Waals surface area contributed by atoms with Gasteiger partial charge in [0.2, 0.25) is 0 Å². The molecule has 1 aliphatic heterocycles. The largest absolute Gasteiger partial charge is 0.459 e. The second-order valence-corrected chi connectivity index (χ2v) is 6.55. The number of furan rings is 1. The van der Waals surface area contributed by atoms with Crippen LogP contribution in [0.3, 0.4) is 0 Å². The molecule has 0 atom stereocenters. The molecule has 1 aromatic carbocycles. The molecule has 0 aliphatic carbocycles. The summed E-state index contributed by atoms with van der Waals surface area (Å²) in [5.74, 6) is -0.983. The molecule has 10 heteroatoms. The van der Waals surface area contributed by atoms with Gasteiger partial charge in [0.05, 0.1) is 24.4 Å². The van der Waals surface area contributed by atoms with E-state index in [9.17, 15) is 19.7 Å². The number of carbonyl (C=O) groups excluding carboxylic acids is 2. The normalized spacial score (nSPS) is 14.9. The highest BCUT2D eigenvalue weighted by atomic mass is 16.6. The van der Waals surface area contributed by atoms with Gasteiger partial charge in [-0.1, -0.05) is 0 Å². The summed E-state index contributed by atoms with van der Waals surface area (Å²) in [5.41, 5.74) is 0.467. The fourth-order valence-electron chi connectivity index (χ4n) is 2.86. The van der Waals surface area contributed by atoms with Crippen LogP contribution in [-0.4, -0.2) is 61.0 Å². The number of hydrogen-bond acceptors (Lipinski definition) is 7. The molecule has 10 nitrogen and oxygen atoms in total. The van der Waals surface area contributed by atoms with Crippen LogP contribution in [0.5, 0.6) is 0 Å². The van der Waals surface area contributed by atoms with Gasteiger partial charge in [0.15, 0.2) is 5.76 Å². The van der Waals surface area contributed by atoms with Crippen LogP contribution < -0.4 is 10.6 Å². The Labute approximate surface area is 172 Å². The molecule has 2 aromatic rings. The summed E-state index contributed by atoms with van der Waals surface area (Å²) in [6.07, 6.45) is 2.81. The van der Waals surface area contributed by atoms with Crippen LogP contribution in [0.4, 0.5) is 5.69 Å². The maximum atomic E-state index is 12.7. The van der Waals surface area contributed by atoms with Crippen LogP contribution in [0.1, 0.15) is 16.1 Å². The van der Waals surface area contributed by atoms with E-state index in [1.165, 1.54) is 42.7 Å². The van der Waals surface area contributed by atoms with Gasteiger partial charge in [-0.3, -0.25) is 24.6 Å². The summed E-state index contributed by atoms with van der Waals surface area (Å²) < 4.78 is 10.4. The number of amides is 2. The quantitative estimate of drug-likeness (QED) is 0.380. The average Bonchev–Trinajstić information content (AvgIpc) is 3.29. The molecule has 1 saturated heterocycles. The summed E-state index contributed by atoms with van der Waals surface area (Å²) in [7, 11) is 0. The third-order valence-electron chi connectivity index (χ3n) is 4.47. The Morgan fingerprint density at radius 3 is 2.53 bits per heavy atom. The first-order valence-electron chi connectivity index (χ1n) is 9.42. The Balaban J connectivity index is 1.69. The molecule has 2 heterocycles. The maximum Gasteiger partial charge on any atom is 0.291 e. The number of nitro groups is 1. The summed E-state index contributed by atoms with van der Waals surface area (Å²) in [5, 5.41) is 16.1. The van der Waals surface area contributed by atoms with Crippen molar-refractivity contribution < 1.29 is 23.7 Å². The molecule has 0 radical (unpaired) electrons. The van der Waals surface area contributed by atoms with Crippen molar-refractivity contribution in [2.75, 3.05) is 39.4 Å². The fraction of sp³-hybridized carbons (Fsp3) is 0.300. The van der Waals surface area contributed by atoms with E-state index < -0.39 is 16.7 Å². The summed E-state index contributed by atoms with van der Waals surface area (Å²) in [4.78, 5) is 37.5. The molecule has 2 N–H and O–H groups in total. The average molecular weight is 414 g/mol. The minimum atomic E-state index is -0.573. The zero-order chi connectivity index (χ0) is 21.3. The van der Waals surface area contributed by atoms with Crippen LogP contribution >= 0.6 is 0 Å². The van der Waals surface area contributed by atoms with Gasteiger partial charge in [0.25, 0.3) is 17.5 Å². The van der Waals surface area contributed by atoms with Crippen molar-refractivity contribution in [1.29, 1.82) is 0 Å². The third-order valence-corrected chi connectivity index (χ3v) is 4.47. The number of rotatable bonds is 8. The predicted octanol–water partition coefficient (Wildman–Crippen LogP) is 1.41. The molecule has 1 fully saturated rings. The van der Waals surface area contributed by atoms with E-state index in [0.29, 0.717) is 31.9 Å². The molecule has 1 aromatic heterocycles. The highest BCUT2D eigenvalue weighted by Crippen LogP contribution is 2.14. The van der Waals surface area contributed by atoms with Gasteiger partial charge in [-0.05, 0) is 35.9 Å². The minimum Gasteiger partial charge on any atom is -0.459 e. The number of carbonyl (C=O) groups is 2. The number of non-ortho nitro benzene ring substituents is 1. The number of nitrogens with zero attached hydrogens (tertiary/aromatic N) is 2. The van der Waals surface area contributed by atoms with Crippen LogP contribution in [0.25, 0.3) is 6.08 Å². The zero-order valence-corrected chi connectivity index (χ0v) is 16.2. The molecule has 0 bridgehead atoms. The van der Waals surface area contributed by atoms with E-state index in [0.717, 1.165) is 13.1 Å². The summed E-state index contributed by atoms with van der Waals surface area (Å²) >= 11 is 0. The monoisotopic (exact) mass is 414 g/mol. The highest BCUT2D eigenvalue weighted by Gasteiger charge is 2.17. The van der Waals surface area contributed by atoms with Crippen molar-refractivity contribution in [2.24, 2.45) is 0 Å². The smallest absolute Gasteiger partial charge is 0.291 e. The lowest BCUT2D eigenvalue weighted by Crippen LogP contribution is -2.42. The van der Waals surface area contributed by atoms with Gasteiger partial charge in [-0.25, -0.2) is 0 Å². The first-order valence-corrected chi connectivity index (χ1v) is 9.42. The van der Waals surface area contributed by atoms with Crippen molar-refractivity contribution in [3.8, 4) is 0 Å². The van der Waals surface area contributed by atoms with Gasteiger partial charge in [-0.2, -0.15) is 0 Å². The molecular formula is C20H22N4O6. The van der Waals surface area contributed by atoms with Crippen molar-refractivity contribution in [1.82, 2.24) is 15.5 Å². The SMILES string of the molecule is O=C(NCCN1CCOCC1)C(=Cc1ccc([N+](=O)[O-])cc1)NC(=O)c1ccco1. The fourth-order valence-corrected chi connectivity index (χ4v) is 2.86. The zero-order valence-electron chi connectivity index (χ0n) is 16.2. The Hall–Kier alpha value is -3.50. The van der Waals surface area contributed by atoms with E-state index in [1.807, 2.05) is 0 Å². The lowest BCUT2D eigenvalue weighted by molar-refractivity contribution is -0.384. The van der Waals surface area contributed by atoms with Crippen molar-refractivity contribution >= 4 is 23.6 Å². The second kappa shape index (κ2) is 10.3. The number of hydrogen-bond donors (Lipinski definition) is 2. The van der Waals surface area contributed by atoms with E-state index in [1.54, 1.807) is 6.07 Å². The van der Waals surface area contributed by atoms with Crippen LogP contribution in [0, 0.1) is 10.1 Å². The van der Waals surface area contributed by atoms with E-state index in [4.69, 9.17) is 9.15 Å². The van der Waals surface area contributed by atoms with Crippen molar-refractivity contribution in [3.63, 3.8) is 0 Å². The lowest BCUT2D eigenvalue weighted by atomic mass is 10.1. The van der Waals surface area contributed by atoms with Crippen LogP contribution in [-0.2, 0) is 9.53 Å². The standard InChI is InChI=1S/C20H22N4O6/c25-19(21-7-8-23-9-12-29-13-10-23)17(22-20(26)18-2-1-11-30-18)14-15-3-5-16(6-4-15)24(27)28/h1-6,11,14H,7-10,12-13H2,(H,21,25)(H,22,26). The molecule has 30 heavy (non-hydrogen) atoms. The molecule has 0 spiro atoms. The second-order valence-electron chi connectivity index (χ2n) is 6.55.